The average Bonchev–Trinajstić information content (AvgIpc) is 3.03. The third kappa shape index (κ3) is 3.75. The monoisotopic (exact) mass is 373 g/mol. The molecule has 1 aliphatic rings. The van der Waals surface area contributed by atoms with Crippen LogP contribution in [-0.2, 0) is 4.79 Å². The van der Waals surface area contributed by atoms with Gasteiger partial charge < -0.3 is 9.64 Å². The molecule has 1 aliphatic heterocycles. The Morgan fingerprint density at radius 3 is 2.87 bits per heavy atom. The summed E-state index contributed by atoms with van der Waals surface area (Å²) in [6, 6.07) is 16.1. The van der Waals surface area contributed by atoms with E-state index in [-0.39, 0.29) is 18.6 Å². The van der Waals surface area contributed by atoms with E-state index in [2.05, 4.69) is 28.1 Å². The van der Waals surface area contributed by atoms with Crippen molar-refractivity contribution in [2.24, 2.45) is 0 Å². The third-order valence-corrected chi connectivity index (χ3v) is 4.74. The second kappa shape index (κ2) is 7.18. The maximum atomic E-state index is 12.6. The molecule has 2 aromatic carbocycles. The summed E-state index contributed by atoms with van der Waals surface area (Å²) < 4.78 is 6.77. The zero-order valence-electron chi connectivity index (χ0n) is 13.2. The highest BCUT2D eigenvalue weighted by Gasteiger charge is 2.30. The molecule has 1 heterocycles. The van der Waals surface area contributed by atoms with E-state index in [1.165, 1.54) is 5.56 Å². The van der Waals surface area contributed by atoms with E-state index in [4.69, 9.17) is 4.74 Å². The predicted molar refractivity (Wildman–Crippen MR) is 94.5 cm³/mol. The summed E-state index contributed by atoms with van der Waals surface area (Å²) >= 11 is 3.51. The van der Waals surface area contributed by atoms with E-state index in [0.29, 0.717) is 0 Å². The number of nitrogens with zero attached hydrogens (tertiary/aromatic N) is 1. The minimum absolute atomic E-state index is 0.0516. The SMILES string of the molecule is Cc1ccccc1OCC(=O)N1CCCC1c1cccc(Br)c1. The second-order valence-corrected chi connectivity index (χ2v) is 6.77. The fourth-order valence-corrected chi connectivity index (χ4v) is 3.48. The van der Waals surface area contributed by atoms with Crippen molar-refractivity contribution in [1.29, 1.82) is 0 Å². The van der Waals surface area contributed by atoms with Crippen molar-refractivity contribution in [3.63, 3.8) is 0 Å². The number of benzene rings is 2. The van der Waals surface area contributed by atoms with Gasteiger partial charge in [-0.15, -0.1) is 0 Å². The number of hydrogen-bond donors (Lipinski definition) is 0. The first-order valence-electron chi connectivity index (χ1n) is 7.88. The molecule has 1 atom stereocenters. The molecule has 0 aromatic heterocycles. The molecule has 1 amide bonds. The Balaban J connectivity index is 1.68. The topological polar surface area (TPSA) is 29.5 Å². The van der Waals surface area contributed by atoms with Crippen molar-refractivity contribution in [1.82, 2.24) is 4.90 Å². The molecule has 0 N–H and O–H groups in total. The van der Waals surface area contributed by atoms with Gasteiger partial charge in [0, 0.05) is 11.0 Å². The molecule has 0 spiro atoms. The van der Waals surface area contributed by atoms with Gasteiger partial charge >= 0.3 is 0 Å². The van der Waals surface area contributed by atoms with Crippen LogP contribution in [0.15, 0.2) is 53.0 Å². The lowest BCUT2D eigenvalue weighted by Gasteiger charge is -2.25. The second-order valence-electron chi connectivity index (χ2n) is 5.85. The molecule has 3 nitrogen and oxygen atoms in total. The Morgan fingerprint density at radius 2 is 2.09 bits per heavy atom. The minimum Gasteiger partial charge on any atom is -0.484 e. The zero-order valence-corrected chi connectivity index (χ0v) is 14.8. The number of para-hydroxylation sites is 1. The molecule has 1 unspecified atom stereocenters. The number of halogens is 1. The maximum Gasteiger partial charge on any atom is 0.261 e. The molecular formula is C19H20BrNO2. The minimum atomic E-state index is 0.0516. The molecule has 0 radical (unpaired) electrons. The van der Waals surface area contributed by atoms with Crippen molar-refractivity contribution in [3.05, 3.63) is 64.1 Å². The van der Waals surface area contributed by atoms with Crippen molar-refractivity contribution in [2.45, 2.75) is 25.8 Å². The van der Waals surface area contributed by atoms with Crippen LogP contribution in [0.5, 0.6) is 5.75 Å². The summed E-state index contributed by atoms with van der Waals surface area (Å²) in [4.78, 5) is 14.5. The summed E-state index contributed by atoms with van der Waals surface area (Å²) in [5.41, 5.74) is 2.23. The van der Waals surface area contributed by atoms with Crippen molar-refractivity contribution in [2.75, 3.05) is 13.2 Å². The van der Waals surface area contributed by atoms with Gasteiger partial charge in [-0.2, -0.15) is 0 Å². The van der Waals surface area contributed by atoms with Crippen molar-refractivity contribution >= 4 is 21.8 Å². The van der Waals surface area contributed by atoms with Gasteiger partial charge in [0.15, 0.2) is 6.61 Å². The average molecular weight is 374 g/mol. The first kappa shape index (κ1) is 16.1. The van der Waals surface area contributed by atoms with Crippen LogP contribution < -0.4 is 4.74 Å². The number of likely N-dealkylation sites (tertiary alicyclic amines) is 1. The van der Waals surface area contributed by atoms with Crippen LogP contribution in [0.25, 0.3) is 0 Å². The first-order valence-corrected chi connectivity index (χ1v) is 8.68. The molecule has 0 aliphatic carbocycles. The highest BCUT2D eigenvalue weighted by atomic mass is 79.9. The molecule has 120 valence electrons. The van der Waals surface area contributed by atoms with Gasteiger partial charge in [-0.25, -0.2) is 0 Å². The van der Waals surface area contributed by atoms with Crippen LogP contribution in [-0.4, -0.2) is 24.0 Å². The summed E-state index contributed by atoms with van der Waals surface area (Å²) in [6.45, 7) is 2.88. The van der Waals surface area contributed by atoms with Gasteiger partial charge in [0.25, 0.3) is 5.91 Å². The van der Waals surface area contributed by atoms with E-state index in [9.17, 15) is 4.79 Å². The zero-order chi connectivity index (χ0) is 16.2. The van der Waals surface area contributed by atoms with Gasteiger partial charge in [0.05, 0.1) is 6.04 Å². The Labute approximate surface area is 145 Å². The lowest BCUT2D eigenvalue weighted by atomic mass is 10.0. The van der Waals surface area contributed by atoms with Crippen LogP contribution in [0.1, 0.15) is 30.0 Å². The highest BCUT2D eigenvalue weighted by Crippen LogP contribution is 2.33. The van der Waals surface area contributed by atoms with Gasteiger partial charge in [0.2, 0.25) is 0 Å². The molecule has 0 bridgehead atoms. The molecule has 23 heavy (non-hydrogen) atoms. The normalized spacial score (nSPS) is 17.3. The highest BCUT2D eigenvalue weighted by molar-refractivity contribution is 9.10. The third-order valence-electron chi connectivity index (χ3n) is 4.25. The van der Waals surface area contributed by atoms with Crippen LogP contribution in [0, 0.1) is 6.92 Å². The van der Waals surface area contributed by atoms with Gasteiger partial charge in [-0.3, -0.25) is 4.79 Å². The number of hydrogen-bond acceptors (Lipinski definition) is 2. The van der Waals surface area contributed by atoms with Gasteiger partial charge in [-0.05, 0) is 49.1 Å². The molecule has 0 saturated carbocycles. The number of rotatable bonds is 4. The summed E-state index contributed by atoms with van der Waals surface area (Å²) in [5.74, 6) is 0.829. The first-order chi connectivity index (χ1) is 11.1. The molecule has 1 fully saturated rings. The van der Waals surface area contributed by atoms with E-state index >= 15 is 0 Å². The maximum absolute atomic E-state index is 12.6. The molecular weight excluding hydrogens is 354 g/mol. The van der Waals surface area contributed by atoms with Crippen LogP contribution in [0.4, 0.5) is 0 Å². The summed E-state index contributed by atoms with van der Waals surface area (Å²) in [5, 5.41) is 0. The fraction of sp³-hybridized carbons (Fsp3) is 0.316. The van der Waals surface area contributed by atoms with Gasteiger partial charge in [-0.1, -0.05) is 46.3 Å². The lowest BCUT2D eigenvalue weighted by Crippen LogP contribution is -2.34. The van der Waals surface area contributed by atoms with Crippen molar-refractivity contribution in [3.8, 4) is 5.75 Å². The summed E-state index contributed by atoms with van der Waals surface area (Å²) in [7, 11) is 0. The summed E-state index contributed by atoms with van der Waals surface area (Å²) in [6.07, 6.45) is 2.04. The van der Waals surface area contributed by atoms with Crippen LogP contribution in [0.3, 0.4) is 0 Å². The Hall–Kier alpha value is -1.81. The Kier molecular flexibility index (Phi) is 5.01. The van der Waals surface area contributed by atoms with E-state index in [0.717, 1.165) is 35.2 Å². The Morgan fingerprint density at radius 1 is 1.26 bits per heavy atom. The Bertz CT molecular complexity index is 701. The van der Waals surface area contributed by atoms with Crippen LogP contribution >= 0.6 is 15.9 Å². The molecule has 3 rings (SSSR count). The van der Waals surface area contributed by atoms with E-state index in [1.807, 2.05) is 48.2 Å². The smallest absolute Gasteiger partial charge is 0.261 e. The quantitative estimate of drug-likeness (QED) is 0.789. The predicted octanol–water partition coefficient (Wildman–Crippen LogP) is 4.50. The van der Waals surface area contributed by atoms with Crippen molar-refractivity contribution < 1.29 is 9.53 Å². The van der Waals surface area contributed by atoms with Crippen LogP contribution in [0.2, 0.25) is 0 Å². The number of aryl methyl sites for hydroxylation is 1. The van der Waals surface area contributed by atoms with Gasteiger partial charge in [0.1, 0.15) is 5.75 Å². The number of amides is 1. The molecule has 2 aromatic rings. The van der Waals surface area contributed by atoms with E-state index in [1.54, 1.807) is 0 Å². The largest absolute Gasteiger partial charge is 0.484 e. The van der Waals surface area contributed by atoms with E-state index < -0.39 is 0 Å². The fourth-order valence-electron chi connectivity index (χ4n) is 3.07. The number of ether oxygens (including phenoxy) is 1. The number of carbonyl (C=O) groups is 1. The standard InChI is InChI=1S/C19H20BrNO2/c1-14-6-2-3-10-18(14)23-13-19(22)21-11-5-9-17(21)15-7-4-8-16(20)12-15/h2-4,6-8,10,12,17H,5,9,11,13H2,1H3. The molecule has 4 heteroatoms. The lowest BCUT2D eigenvalue weighted by molar-refractivity contribution is -0.134. The number of carbonyl (C=O) groups excluding carboxylic acids is 1. The molecule has 1 saturated heterocycles.